The summed E-state index contributed by atoms with van der Waals surface area (Å²) in [7, 11) is 1.40. The fourth-order valence-electron chi connectivity index (χ4n) is 3.91. The molecule has 146 valence electrons. The van der Waals surface area contributed by atoms with E-state index in [4.69, 9.17) is 21.4 Å². The molecular formula is C22H24ClN3O2. The van der Waals surface area contributed by atoms with Crippen molar-refractivity contribution in [3.8, 4) is 0 Å². The summed E-state index contributed by atoms with van der Waals surface area (Å²) in [6, 6.07) is 7.56. The van der Waals surface area contributed by atoms with Crippen molar-refractivity contribution in [3.63, 3.8) is 0 Å². The number of ether oxygens (including phenoxy) is 1. The van der Waals surface area contributed by atoms with Crippen molar-refractivity contribution < 1.29 is 9.53 Å². The predicted molar refractivity (Wildman–Crippen MR) is 110 cm³/mol. The fourth-order valence-corrected chi connectivity index (χ4v) is 4.08. The van der Waals surface area contributed by atoms with Gasteiger partial charge in [-0.25, -0.2) is 4.79 Å². The number of methoxy groups -OCH3 is 1. The monoisotopic (exact) mass is 397 g/mol. The maximum absolute atomic E-state index is 11.6. The summed E-state index contributed by atoms with van der Waals surface area (Å²) in [6.45, 7) is 2.63. The number of fused-ring (bicyclic) bond motifs is 1. The molecular weight excluding hydrogens is 374 g/mol. The van der Waals surface area contributed by atoms with Crippen molar-refractivity contribution in [1.82, 2.24) is 15.1 Å². The van der Waals surface area contributed by atoms with Crippen LogP contribution in [0.2, 0.25) is 0 Å². The van der Waals surface area contributed by atoms with Crippen molar-refractivity contribution in [1.29, 1.82) is 0 Å². The van der Waals surface area contributed by atoms with E-state index in [1.165, 1.54) is 24.1 Å². The third-order valence-corrected chi connectivity index (χ3v) is 5.68. The molecule has 1 aliphatic carbocycles. The van der Waals surface area contributed by atoms with E-state index < -0.39 is 0 Å². The van der Waals surface area contributed by atoms with Gasteiger partial charge in [0.2, 0.25) is 0 Å². The zero-order valence-electron chi connectivity index (χ0n) is 16.0. The molecule has 2 heterocycles. The number of rotatable bonds is 4. The molecule has 0 saturated heterocycles. The standard InChI is InChI=1S/C22H24ClN3O2/c1-28-22(27)17-4-2-15(3-5-17)14-26-20-11-13-24-12-10-19(20)21(25-26)16-6-8-18(23)9-7-16/h2-6,8-9,16,24H,7,10-14H2,1H3. The fraction of sp³-hybridized carbons (Fsp3) is 0.364. The van der Waals surface area contributed by atoms with Crippen LogP contribution in [0, 0.1) is 0 Å². The van der Waals surface area contributed by atoms with E-state index in [1.807, 2.05) is 30.3 Å². The number of carbonyl (C=O) groups excluding carboxylic acids is 1. The minimum atomic E-state index is -0.316. The highest BCUT2D eigenvalue weighted by atomic mass is 35.5. The largest absolute Gasteiger partial charge is 0.465 e. The number of nitrogens with zero attached hydrogens (tertiary/aromatic N) is 2. The van der Waals surface area contributed by atoms with Crippen molar-refractivity contribution >= 4 is 17.6 Å². The van der Waals surface area contributed by atoms with Crippen LogP contribution in [0.15, 0.2) is 47.5 Å². The summed E-state index contributed by atoms with van der Waals surface area (Å²) in [4.78, 5) is 11.6. The van der Waals surface area contributed by atoms with Crippen LogP contribution >= 0.6 is 11.6 Å². The van der Waals surface area contributed by atoms with Crippen molar-refractivity contribution in [2.45, 2.75) is 31.7 Å². The molecule has 0 saturated carbocycles. The molecule has 1 unspecified atom stereocenters. The van der Waals surface area contributed by atoms with Crippen molar-refractivity contribution in [3.05, 3.63) is 75.6 Å². The summed E-state index contributed by atoms with van der Waals surface area (Å²) < 4.78 is 6.91. The SMILES string of the molecule is COC(=O)c1ccc(Cn2nc(C3C=CC(Cl)=CC3)c3c2CCNCC3)cc1. The molecule has 4 rings (SSSR count). The number of nitrogens with one attached hydrogen (secondary N) is 1. The predicted octanol–water partition coefficient (Wildman–Crippen LogP) is 3.57. The first-order valence-electron chi connectivity index (χ1n) is 9.66. The molecule has 2 aliphatic rings. The lowest BCUT2D eigenvalue weighted by Crippen LogP contribution is -2.18. The van der Waals surface area contributed by atoms with Gasteiger partial charge in [-0.15, -0.1) is 0 Å². The second-order valence-corrected chi connectivity index (χ2v) is 7.63. The number of hydrogen-bond donors (Lipinski definition) is 1. The smallest absolute Gasteiger partial charge is 0.337 e. The van der Waals surface area contributed by atoms with E-state index in [0.717, 1.165) is 42.9 Å². The second kappa shape index (κ2) is 8.33. The van der Waals surface area contributed by atoms with E-state index in [9.17, 15) is 4.79 Å². The Morgan fingerprint density at radius 1 is 1.29 bits per heavy atom. The highest BCUT2D eigenvalue weighted by Crippen LogP contribution is 2.32. The van der Waals surface area contributed by atoms with E-state index in [2.05, 4.69) is 22.2 Å². The maximum atomic E-state index is 11.6. The molecule has 5 nitrogen and oxygen atoms in total. The molecule has 1 aromatic heterocycles. The van der Waals surface area contributed by atoms with Gasteiger partial charge >= 0.3 is 5.97 Å². The van der Waals surface area contributed by atoms with Gasteiger partial charge in [0.1, 0.15) is 0 Å². The molecule has 0 radical (unpaired) electrons. The van der Waals surface area contributed by atoms with Gasteiger partial charge in [-0.05, 0) is 48.7 Å². The van der Waals surface area contributed by atoms with Crippen LogP contribution in [0.25, 0.3) is 0 Å². The third-order valence-electron chi connectivity index (χ3n) is 5.40. The molecule has 2 aromatic rings. The highest BCUT2D eigenvalue weighted by molar-refractivity contribution is 6.31. The Labute approximate surface area is 170 Å². The zero-order chi connectivity index (χ0) is 19.5. The van der Waals surface area contributed by atoms with Gasteiger partial charge in [0, 0.05) is 29.6 Å². The van der Waals surface area contributed by atoms with Gasteiger partial charge in [0.15, 0.2) is 0 Å². The minimum Gasteiger partial charge on any atom is -0.465 e. The highest BCUT2D eigenvalue weighted by Gasteiger charge is 2.24. The lowest BCUT2D eigenvalue weighted by atomic mass is 9.92. The number of carbonyl (C=O) groups is 1. The lowest BCUT2D eigenvalue weighted by Gasteiger charge is -2.13. The van der Waals surface area contributed by atoms with Crippen molar-refractivity contribution in [2.24, 2.45) is 0 Å². The lowest BCUT2D eigenvalue weighted by molar-refractivity contribution is 0.0600. The molecule has 1 atom stereocenters. The number of hydrogen-bond acceptors (Lipinski definition) is 4. The Balaban J connectivity index is 1.63. The van der Waals surface area contributed by atoms with Crippen LogP contribution in [0.3, 0.4) is 0 Å². The molecule has 0 spiro atoms. The maximum Gasteiger partial charge on any atom is 0.337 e. The summed E-state index contributed by atoms with van der Waals surface area (Å²) in [5.41, 5.74) is 5.53. The molecule has 0 fully saturated rings. The van der Waals surface area contributed by atoms with Gasteiger partial charge in [-0.1, -0.05) is 35.9 Å². The Hall–Kier alpha value is -2.37. The Morgan fingerprint density at radius 3 is 2.79 bits per heavy atom. The van der Waals surface area contributed by atoms with Crippen LogP contribution in [0.5, 0.6) is 0 Å². The first-order valence-corrected chi connectivity index (χ1v) is 10.0. The normalized spacial score (nSPS) is 18.9. The van der Waals surface area contributed by atoms with E-state index in [1.54, 1.807) is 0 Å². The Morgan fingerprint density at radius 2 is 2.07 bits per heavy atom. The minimum absolute atomic E-state index is 0.275. The third kappa shape index (κ3) is 3.91. The first kappa shape index (κ1) is 19.0. The van der Waals surface area contributed by atoms with Gasteiger partial charge in [-0.2, -0.15) is 5.10 Å². The summed E-state index contributed by atoms with van der Waals surface area (Å²) in [5, 5.41) is 9.32. The molecule has 6 heteroatoms. The van der Waals surface area contributed by atoms with Crippen molar-refractivity contribution in [2.75, 3.05) is 20.2 Å². The number of allylic oxidation sites excluding steroid dienone is 4. The van der Waals surface area contributed by atoms with Crippen LogP contribution in [0.1, 0.15) is 45.2 Å². The average Bonchev–Trinajstić information content (AvgIpc) is 2.90. The Kier molecular flexibility index (Phi) is 5.64. The molecule has 0 amide bonds. The first-order chi connectivity index (χ1) is 13.7. The van der Waals surface area contributed by atoms with Crippen LogP contribution in [-0.2, 0) is 24.1 Å². The van der Waals surface area contributed by atoms with Crippen LogP contribution < -0.4 is 5.32 Å². The topological polar surface area (TPSA) is 56.2 Å². The van der Waals surface area contributed by atoms with Gasteiger partial charge in [0.05, 0.1) is 24.9 Å². The molecule has 1 aromatic carbocycles. The number of esters is 1. The number of aromatic nitrogens is 2. The number of benzene rings is 1. The summed E-state index contributed by atoms with van der Waals surface area (Å²) >= 11 is 6.10. The summed E-state index contributed by atoms with van der Waals surface area (Å²) in [6.07, 6.45) is 9.06. The zero-order valence-corrected chi connectivity index (χ0v) is 16.7. The van der Waals surface area contributed by atoms with E-state index in [-0.39, 0.29) is 11.9 Å². The van der Waals surface area contributed by atoms with Gasteiger partial charge < -0.3 is 10.1 Å². The quantitative estimate of drug-likeness (QED) is 0.801. The second-order valence-electron chi connectivity index (χ2n) is 7.20. The van der Waals surface area contributed by atoms with Gasteiger partial charge in [0.25, 0.3) is 0 Å². The van der Waals surface area contributed by atoms with Crippen LogP contribution in [0.4, 0.5) is 0 Å². The van der Waals surface area contributed by atoms with Crippen LogP contribution in [-0.4, -0.2) is 35.9 Å². The molecule has 28 heavy (non-hydrogen) atoms. The molecule has 1 N–H and O–H groups in total. The number of halogens is 1. The van der Waals surface area contributed by atoms with E-state index in [0.29, 0.717) is 12.1 Å². The molecule has 0 bridgehead atoms. The van der Waals surface area contributed by atoms with Gasteiger partial charge in [-0.3, -0.25) is 4.68 Å². The summed E-state index contributed by atoms with van der Waals surface area (Å²) in [5.74, 6) is -0.0408. The average molecular weight is 398 g/mol. The Bertz CT molecular complexity index is 928. The van der Waals surface area contributed by atoms with E-state index >= 15 is 0 Å². The molecule has 1 aliphatic heterocycles.